The van der Waals surface area contributed by atoms with Crippen LogP contribution in [-0.2, 0) is 12.5 Å². The minimum Gasteiger partial charge on any atom is -0.487 e. The van der Waals surface area contributed by atoms with Crippen LogP contribution in [0.5, 0.6) is 5.75 Å². The molecule has 2 heterocycles. The first-order valence-electron chi connectivity index (χ1n) is 10.4. The van der Waals surface area contributed by atoms with E-state index in [2.05, 4.69) is 9.88 Å². The highest BCUT2D eigenvalue weighted by Gasteiger charge is 2.25. The molecule has 0 aliphatic carbocycles. The van der Waals surface area contributed by atoms with Gasteiger partial charge in [0.25, 0.3) is 11.5 Å². The van der Waals surface area contributed by atoms with Crippen molar-refractivity contribution in [3.05, 3.63) is 75.5 Å². The second kappa shape index (κ2) is 8.38. The Morgan fingerprint density at radius 1 is 1.13 bits per heavy atom. The number of piperidine rings is 1. The Hall–Kier alpha value is -2.80. The molecule has 1 aliphatic rings. The predicted molar refractivity (Wildman–Crippen MR) is 114 cm³/mol. The molecule has 7 heteroatoms. The quantitative estimate of drug-likeness (QED) is 0.610. The highest BCUT2D eigenvalue weighted by atomic mass is 19.3. The van der Waals surface area contributed by atoms with Gasteiger partial charge in [-0.1, -0.05) is 24.3 Å². The number of rotatable bonds is 5. The largest absolute Gasteiger partial charge is 0.487 e. The molecule has 3 aromatic rings. The van der Waals surface area contributed by atoms with E-state index in [0.717, 1.165) is 38.4 Å². The summed E-state index contributed by atoms with van der Waals surface area (Å²) in [6.45, 7) is 4.85. The minimum absolute atomic E-state index is 0.0120. The van der Waals surface area contributed by atoms with Gasteiger partial charge >= 0.3 is 0 Å². The molecule has 1 fully saturated rings. The number of aromatic amines is 1. The van der Waals surface area contributed by atoms with Crippen LogP contribution in [0.15, 0.2) is 47.4 Å². The van der Waals surface area contributed by atoms with Gasteiger partial charge in [-0.2, -0.15) is 0 Å². The summed E-state index contributed by atoms with van der Waals surface area (Å²) in [5, 5.41) is 0.603. The number of likely N-dealkylation sites (tertiary alicyclic amines) is 1. The van der Waals surface area contributed by atoms with E-state index in [4.69, 9.17) is 4.74 Å². The van der Waals surface area contributed by atoms with Crippen LogP contribution in [0, 0.1) is 12.7 Å². The topological polar surface area (TPSA) is 45.3 Å². The number of fused-ring (bicyclic) bond motifs is 1. The fourth-order valence-electron chi connectivity index (χ4n) is 4.07. The van der Waals surface area contributed by atoms with E-state index in [0.29, 0.717) is 22.9 Å². The third kappa shape index (κ3) is 4.61. The van der Waals surface area contributed by atoms with Gasteiger partial charge in [0.1, 0.15) is 6.10 Å². The molecule has 164 valence electrons. The standard InChI is InChI=1S/C24H25F3N2O2/c1-15-13-28-23(30)19-7-8-20(22(25)21(15)19)31-18-9-11-29(12-10-18)14-16-3-5-17(6-4-16)24(2,26)27/h3-8,13,18H,9-12,14H2,1-2H3,(H,28,30). The molecule has 4 nitrogen and oxygen atoms in total. The maximum absolute atomic E-state index is 15.0. The zero-order valence-corrected chi connectivity index (χ0v) is 17.6. The fourth-order valence-corrected chi connectivity index (χ4v) is 4.07. The Labute approximate surface area is 178 Å². The number of nitrogens with zero attached hydrogens (tertiary/aromatic N) is 1. The molecule has 0 spiro atoms. The lowest BCUT2D eigenvalue weighted by Gasteiger charge is -2.32. The zero-order chi connectivity index (χ0) is 22.2. The summed E-state index contributed by atoms with van der Waals surface area (Å²) in [5.74, 6) is -3.18. The molecule has 0 amide bonds. The van der Waals surface area contributed by atoms with Crippen molar-refractivity contribution < 1.29 is 17.9 Å². The van der Waals surface area contributed by atoms with Gasteiger partial charge < -0.3 is 9.72 Å². The van der Waals surface area contributed by atoms with Gasteiger partial charge in [-0.3, -0.25) is 9.69 Å². The molecule has 2 aromatic carbocycles. The number of aromatic nitrogens is 1. The molecule has 0 atom stereocenters. The van der Waals surface area contributed by atoms with Crippen LogP contribution in [0.2, 0.25) is 0 Å². The van der Waals surface area contributed by atoms with E-state index in [1.807, 2.05) is 0 Å². The monoisotopic (exact) mass is 430 g/mol. The van der Waals surface area contributed by atoms with E-state index in [-0.39, 0.29) is 23.0 Å². The van der Waals surface area contributed by atoms with Crippen LogP contribution in [0.25, 0.3) is 10.8 Å². The fraction of sp³-hybridized carbons (Fsp3) is 0.375. The van der Waals surface area contributed by atoms with Gasteiger partial charge in [0.05, 0.1) is 5.39 Å². The normalized spacial score (nSPS) is 16.0. The average molecular weight is 430 g/mol. The van der Waals surface area contributed by atoms with Gasteiger partial charge in [0.2, 0.25) is 0 Å². The van der Waals surface area contributed by atoms with E-state index in [1.54, 1.807) is 25.1 Å². The number of benzene rings is 2. The molecule has 1 N–H and O–H groups in total. The molecule has 1 aliphatic heterocycles. The van der Waals surface area contributed by atoms with Gasteiger partial charge in [-0.25, -0.2) is 13.2 Å². The third-order valence-corrected chi connectivity index (χ3v) is 5.86. The number of alkyl halides is 2. The van der Waals surface area contributed by atoms with E-state index in [1.165, 1.54) is 24.4 Å². The van der Waals surface area contributed by atoms with Gasteiger partial charge in [0, 0.05) is 43.7 Å². The van der Waals surface area contributed by atoms with Crippen molar-refractivity contribution in [3.63, 3.8) is 0 Å². The smallest absolute Gasteiger partial charge is 0.270 e. The Balaban J connectivity index is 1.38. The van der Waals surface area contributed by atoms with Gasteiger partial charge in [-0.15, -0.1) is 0 Å². The minimum atomic E-state index is -2.84. The third-order valence-electron chi connectivity index (χ3n) is 5.86. The van der Waals surface area contributed by atoms with Crippen LogP contribution in [0.4, 0.5) is 13.2 Å². The van der Waals surface area contributed by atoms with Crippen molar-refractivity contribution in [1.82, 2.24) is 9.88 Å². The number of H-pyrrole nitrogens is 1. The van der Waals surface area contributed by atoms with Crippen molar-refractivity contribution in [2.45, 2.75) is 45.3 Å². The summed E-state index contributed by atoms with van der Waals surface area (Å²) in [7, 11) is 0. The summed E-state index contributed by atoms with van der Waals surface area (Å²) < 4.78 is 47.7. The lowest BCUT2D eigenvalue weighted by Crippen LogP contribution is -2.37. The predicted octanol–water partition coefficient (Wildman–Crippen LogP) is 5.13. The number of hydrogen-bond acceptors (Lipinski definition) is 3. The summed E-state index contributed by atoms with van der Waals surface area (Å²) in [5.41, 5.74) is 1.32. The molecule has 1 aromatic heterocycles. The molecule has 4 rings (SSSR count). The van der Waals surface area contributed by atoms with E-state index >= 15 is 4.39 Å². The molecule has 0 radical (unpaired) electrons. The molecule has 1 saturated heterocycles. The SMILES string of the molecule is Cc1c[nH]c(=O)c2ccc(OC3CCN(Cc4ccc(C(C)(F)F)cc4)CC3)c(F)c12. The lowest BCUT2D eigenvalue weighted by molar-refractivity contribution is 0.0174. The number of halogens is 3. The van der Waals surface area contributed by atoms with Crippen LogP contribution in [0.1, 0.15) is 36.5 Å². The van der Waals surface area contributed by atoms with Gasteiger partial charge in [0.15, 0.2) is 11.6 Å². The molecular formula is C24H25F3N2O2. The summed E-state index contributed by atoms with van der Waals surface area (Å²) in [6, 6.07) is 9.54. The zero-order valence-electron chi connectivity index (χ0n) is 17.6. The van der Waals surface area contributed by atoms with Crippen LogP contribution >= 0.6 is 0 Å². The number of pyridine rings is 1. The first kappa shape index (κ1) is 21.4. The van der Waals surface area contributed by atoms with E-state index in [9.17, 15) is 13.6 Å². The second-order valence-corrected chi connectivity index (χ2v) is 8.28. The van der Waals surface area contributed by atoms with Gasteiger partial charge in [-0.05, 0) is 43.0 Å². The Bertz CT molecular complexity index is 1130. The first-order valence-corrected chi connectivity index (χ1v) is 10.4. The molecule has 0 bridgehead atoms. The van der Waals surface area contributed by atoms with Crippen molar-refractivity contribution in [2.75, 3.05) is 13.1 Å². The summed E-state index contributed by atoms with van der Waals surface area (Å²) in [6.07, 6.45) is 2.85. The van der Waals surface area contributed by atoms with Crippen LogP contribution in [0.3, 0.4) is 0 Å². The number of ether oxygens (including phenoxy) is 1. The molecular weight excluding hydrogens is 405 g/mol. The van der Waals surface area contributed by atoms with Crippen LogP contribution < -0.4 is 10.3 Å². The number of aryl methyl sites for hydroxylation is 1. The van der Waals surface area contributed by atoms with Crippen molar-refractivity contribution in [1.29, 1.82) is 0 Å². The lowest BCUT2D eigenvalue weighted by atomic mass is 10.0. The summed E-state index contributed by atoms with van der Waals surface area (Å²) in [4.78, 5) is 16.8. The Morgan fingerprint density at radius 3 is 2.45 bits per heavy atom. The first-order chi connectivity index (χ1) is 14.7. The molecule has 0 saturated carbocycles. The van der Waals surface area contributed by atoms with E-state index < -0.39 is 11.7 Å². The molecule has 31 heavy (non-hydrogen) atoms. The van der Waals surface area contributed by atoms with Crippen molar-refractivity contribution in [3.8, 4) is 5.75 Å². The summed E-state index contributed by atoms with van der Waals surface area (Å²) >= 11 is 0. The molecule has 0 unspecified atom stereocenters. The number of nitrogens with one attached hydrogen (secondary N) is 1. The van der Waals surface area contributed by atoms with Crippen molar-refractivity contribution in [2.24, 2.45) is 0 Å². The van der Waals surface area contributed by atoms with Crippen LogP contribution in [-0.4, -0.2) is 29.1 Å². The second-order valence-electron chi connectivity index (χ2n) is 8.28. The highest BCUT2D eigenvalue weighted by Crippen LogP contribution is 2.30. The Morgan fingerprint density at radius 2 is 1.81 bits per heavy atom. The highest BCUT2D eigenvalue weighted by molar-refractivity contribution is 5.86. The average Bonchev–Trinajstić information content (AvgIpc) is 2.73. The number of hydrogen-bond donors (Lipinski definition) is 1. The maximum Gasteiger partial charge on any atom is 0.270 e. The Kier molecular flexibility index (Phi) is 5.79. The maximum atomic E-state index is 15.0. The van der Waals surface area contributed by atoms with Crippen molar-refractivity contribution >= 4 is 10.8 Å².